The van der Waals surface area contributed by atoms with Gasteiger partial charge in [-0.15, -0.1) is 0 Å². The summed E-state index contributed by atoms with van der Waals surface area (Å²) < 4.78 is 5.61. The van der Waals surface area contributed by atoms with Crippen molar-refractivity contribution in [2.24, 2.45) is 11.8 Å². The number of nitrogens with one attached hydrogen (secondary N) is 2. The second-order valence-corrected chi connectivity index (χ2v) is 5.24. The number of ether oxygens (including phenoxy) is 1. The topological polar surface area (TPSA) is 85.1 Å². The molecule has 1 aromatic rings. The molecule has 1 aliphatic carbocycles. The highest BCUT2D eigenvalue weighted by atomic mass is 16.5. The zero-order valence-corrected chi connectivity index (χ0v) is 12.2. The number of nitrogen functional groups attached to an aromatic ring is 1. The van der Waals surface area contributed by atoms with E-state index in [0.29, 0.717) is 5.82 Å². The first-order valence-corrected chi connectivity index (χ1v) is 7.47. The molecule has 2 rings (SSSR count). The van der Waals surface area contributed by atoms with Gasteiger partial charge in [-0.3, -0.25) is 0 Å². The van der Waals surface area contributed by atoms with E-state index in [-0.39, 0.29) is 0 Å². The van der Waals surface area contributed by atoms with E-state index in [1.807, 2.05) is 0 Å². The van der Waals surface area contributed by atoms with Gasteiger partial charge in [0.25, 0.3) is 0 Å². The first-order valence-electron chi connectivity index (χ1n) is 7.47. The van der Waals surface area contributed by atoms with Crippen molar-refractivity contribution in [2.75, 3.05) is 30.5 Å². The van der Waals surface area contributed by atoms with E-state index in [1.165, 1.54) is 19.2 Å². The van der Waals surface area contributed by atoms with Gasteiger partial charge >= 0.3 is 0 Å². The number of rotatable bonds is 10. The summed E-state index contributed by atoms with van der Waals surface area (Å²) in [5.74, 6) is 7.90. The summed E-state index contributed by atoms with van der Waals surface area (Å²) in [4.78, 5) is 8.45. The lowest BCUT2D eigenvalue weighted by molar-refractivity contribution is 0.124. The number of aromatic nitrogens is 2. The Morgan fingerprint density at radius 2 is 2.15 bits per heavy atom. The van der Waals surface area contributed by atoms with Crippen LogP contribution in [0.15, 0.2) is 6.33 Å². The van der Waals surface area contributed by atoms with Gasteiger partial charge < -0.3 is 15.5 Å². The molecule has 0 amide bonds. The fourth-order valence-electron chi connectivity index (χ4n) is 2.09. The predicted octanol–water partition coefficient (Wildman–Crippen LogP) is 1.94. The van der Waals surface area contributed by atoms with Crippen molar-refractivity contribution in [3.63, 3.8) is 0 Å². The maximum Gasteiger partial charge on any atom is 0.148 e. The first kappa shape index (κ1) is 15.0. The minimum atomic E-state index is 0.703. The lowest BCUT2D eigenvalue weighted by Crippen LogP contribution is -2.15. The monoisotopic (exact) mass is 279 g/mol. The summed E-state index contributed by atoms with van der Waals surface area (Å²) in [5, 5.41) is 3.35. The van der Waals surface area contributed by atoms with Crippen LogP contribution in [0, 0.1) is 5.92 Å². The van der Waals surface area contributed by atoms with Gasteiger partial charge in [-0.25, -0.2) is 15.8 Å². The largest absolute Gasteiger partial charge is 0.381 e. The molecule has 1 heterocycles. The molecule has 0 saturated heterocycles. The maximum atomic E-state index is 5.61. The van der Waals surface area contributed by atoms with Crippen LogP contribution in [-0.4, -0.2) is 29.7 Å². The normalized spacial score (nSPS) is 14.3. The van der Waals surface area contributed by atoms with Crippen LogP contribution in [-0.2, 0) is 11.2 Å². The molecule has 1 fully saturated rings. The Morgan fingerprint density at radius 3 is 2.85 bits per heavy atom. The molecule has 112 valence electrons. The smallest absolute Gasteiger partial charge is 0.148 e. The third-order valence-corrected chi connectivity index (χ3v) is 3.39. The predicted molar refractivity (Wildman–Crippen MR) is 80.5 cm³/mol. The van der Waals surface area contributed by atoms with E-state index < -0.39 is 0 Å². The number of hydrogen-bond acceptors (Lipinski definition) is 6. The van der Waals surface area contributed by atoms with Gasteiger partial charge in [0.1, 0.15) is 18.0 Å². The molecule has 6 heteroatoms. The number of nitrogens with zero attached hydrogens (tertiary/aromatic N) is 2. The van der Waals surface area contributed by atoms with Crippen molar-refractivity contribution in [1.82, 2.24) is 9.97 Å². The van der Waals surface area contributed by atoms with Crippen LogP contribution in [0.2, 0.25) is 0 Å². The number of anilines is 2. The van der Waals surface area contributed by atoms with Crippen molar-refractivity contribution in [2.45, 2.75) is 39.0 Å². The summed E-state index contributed by atoms with van der Waals surface area (Å²) >= 11 is 0. The second-order valence-electron chi connectivity index (χ2n) is 5.24. The Balaban J connectivity index is 1.75. The highest BCUT2D eigenvalue weighted by Crippen LogP contribution is 2.28. The van der Waals surface area contributed by atoms with Gasteiger partial charge in [0.05, 0.1) is 0 Å². The lowest BCUT2D eigenvalue weighted by atomic mass is 10.1. The molecule has 1 aliphatic rings. The van der Waals surface area contributed by atoms with Gasteiger partial charge in [0.2, 0.25) is 0 Å². The number of hydrogen-bond donors (Lipinski definition) is 3. The van der Waals surface area contributed by atoms with E-state index in [0.717, 1.165) is 56.3 Å². The minimum absolute atomic E-state index is 0.703. The quantitative estimate of drug-likeness (QED) is 0.345. The van der Waals surface area contributed by atoms with Crippen LogP contribution >= 0.6 is 0 Å². The Labute approximate surface area is 120 Å². The van der Waals surface area contributed by atoms with Crippen molar-refractivity contribution >= 4 is 11.6 Å². The van der Waals surface area contributed by atoms with Crippen molar-refractivity contribution in [3.8, 4) is 0 Å². The summed E-state index contributed by atoms with van der Waals surface area (Å²) in [6.07, 6.45) is 7.12. The van der Waals surface area contributed by atoms with Gasteiger partial charge in [-0.2, -0.15) is 0 Å². The Bertz CT molecular complexity index is 409. The van der Waals surface area contributed by atoms with Crippen LogP contribution in [0.1, 0.15) is 38.2 Å². The van der Waals surface area contributed by atoms with E-state index in [1.54, 1.807) is 0 Å². The number of hydrazine groups is 1. The molecule has 4 N–H and O–H groups in total. The fraction of sp³-hybridized carbons (Fsp3) is 0.714. The van der Waals surface area contributed by atoms with E-state index >= 15 is 0 Å². The standard InChI is InChI=1S/C14H25N5O/c1-2-4-12-13(17-10-18-14(12)19-15)16-7-3-8-20-9-11-5-6-11/h10-11H,2-9,15H2,1H3,(H2,16,17,18,19). The summed E-state index contributed by atoms with van der Waals surface area (Å²) in [7, 11) is 0. The van der Waals surface area contributed by atoms with Gasteiger partial charge in [-0.1, -0.05) is 13.3 Å². The Kier molecular flexibility index (Phi) is 6.01. The molecule has 1 saturated carbocycles. The van der Waals surface area contributed by atoms with Gasteiger partial charge in [0, 0.05) is 25.3 Å². The first-order chi connectivity index (χ1) is 9.85. The van der Waals surface area contributed by atoms with E-state index in [9.17, 15) is 0 Å². The van der Waals surface area contributed by atoms with E-state index in [4.69, 9.17) is 10.6 Å². The molecule has 6 nitrogen and oxygen atoms in total. The molecule has 0 spiro atoms. The van der Waals surface area contributed by atoms with Crippen molar-refractivity contribution in [1.29, 1.82) is 0 Å². The summed E-state index contributed by atoms with van der Waals surface area (Å²) in [5.41, 5.74) is 3.69. The van der Waals surface area contributed by atoms with E-state index in [2.05, 4.69) is 27.6 Å². The van der Waals surface area contributed by atoms with Gasteiger partial charge in [0.15, 0.2) is 0 Å². The summed E-state index contributed by atoms with van der Waals surface area (Å²) in [6, 6.07) is 0. The molecule has 0 bridgehead atoms. The highest BCUT2D eigenvalue weighted by Gasteiger charge is 2.20. The average molecular weight is 279 g/mol. The van der Waals surface area contributed by atoms with Gasteiger partial charge in [-0.05, 0) is 31.6 Å². The molecule has 0 unspecified atom stereocenters. The molecular formula is C14H25N5O. The minimum Gasteiger partial charge on any atom is -0.381 e. The molecule has 20 heavy (non-hydrogen) atoms. The van der Waals surface area contributed by atoms with Crippen molar-refractivity contribution < 1.29 is 4.74 Å². The van der Waals surface area contributed by atoms with Crippen LogP contribution in [0.25, 0.3) is 0 Å². The second kappa shape index (κ2) is 8.01. The third-order valence-electron chi connectivity index (χ3n) is 3.39. The van der Waals surface area contributed by atoms with Crippen LogP contribution < -0.4 is 16.6 Å². The maximum absolute atomic E-state index is 5.61. The Hall–Kier alpha value is -1.40. The number of nitrogens with two attached hydrogens (primary N) is 1. The zero-order chi connectivity index (χ0) is 14.2. The highest BCUT2D eigenvalue weighted by molar-refractivity contribution is 5.56. The molecular weight excluding hydrogens is 254 g/mol. The van der Waals surface area contributed by atoms with Crippen LogP contribution in [0.5, 0.6) is 0 Å². The summed E-state index contributed by atoms with van der Waals surface area (Å²) in [6.45, 7) is 4.71. The molecule has 0 aliphatic heterocycles. The molecule has 1 aromatic heterocycles. The SMILES string of the molecule is CCCc1c(NN)ncnc1NCCCOCC1CC1. The van der Waals surface area contributed by atoms with Crippen molar-refractivity contribution in [3.05, 3.63) is 11.9 Å². The molecule has 0 radical (unpaired) electrons. The van der Waals surface area contributed by atoms with Crippen LogP contribution in [0.4, 0.5) is 11.6 Å². The average Bonchev–Trinajstić information content (AvgIpc) is 3.28. The Morgan fingerprint density at radius 1 is 1.35 bits per heavy atom. The molecule has 0 atom stereocenters. The zero-order valence-electron chi connectivity index (χ0n) is 12.2. The fourth-order valence-corrected chi connectivity index (χ4v) is 2.09. The lowest BCUT2D eigenvalue weighted by Gasteiger charge is -2.13. The third kappa shape index (κ3) is 4.61. The van der Waals surface area contributed by atoms with Crippen LogP contribution in [0.3, 0.4) is 0 Å². The molecule has 0 aromatic carbocycles.